The molecule has 166 valence electrons. The molecule has 4 aliphatic carbocycles. The van der Waals surface area contributed by atoms with Crippen LogP contribution in [0.2, 0.25) is 0 Å². The summed E-state index contributed by atoms with van der Waals surface area (Å²) in [6, 6.07) is 1.97. The van der Waals surface area contributed by atoms with Crippen molar-refractivity contribution in [3.63, 3.8) is 0 Å². The minimum Gasteiger partial charge on any atom is -0.297 e. The zero-order valence-corrected chi connectivity index (χ0v) is 19.2. The highest BCUT2D eigenvalue weighted by Gasteiger charge is 2.58. The zero-order chi connectivity index (χ0) is 21.2. The number of carbonyl (C=O) groups is 1. The van der Waals surface area contributed by atoms with E-state index in [1.54, 1.807) is 12.4 Å². The average Bonchev–Trinajstić information content (AvgIpc) is 3.33. The third kappa shape index (κ3) is 3.19. The van der Waals surface area contributed by atoms with E-state index in [1.165, 1.54) is 51.4 Å². The Hall–Kier alpha value is -1.71. The molecule has 4 aliphatic rings. The first-order valence-corrected chi connectivity index (χ1v) is 12.8. The quantitative estimate of drug-likeness (QED) is 0.622. The SMILES string of the molecule is CC1CCC2C(CCC3C2CCC2(C)C(C(=O)Cn4cc5ccncc5n4)CCC32)C1. The third-order valence-corrected chi connectivity index (χ3v) is 10.3. The smallest absolute Gasteiger partial charge is 0.157 e. The van der Waals surface area contributed by atoms with E-state index in [0.717, 1.165) is 52.8 Å². The fourth-order valence-electron chi connectivity index (χ4n) is 8.89. The normalized spacial score (nSPS) is 42.1. The summed E-state index contributed by atoms with van der Waals surface area (Å²) in [5, 5.41) is 5.67. The Morgan fingerprint density at radius 1 is 1.10 bits per heavy atom. The van der Waals surface area contributed by atoms with Gasteiger partial charge in [0.1, 0.15) is 5.52 Å². The number of Topliss-reactive ketones (excluding diaryl/α,β-unsaturated/α-hetero) is 1. The van der Waals surface area contributed by atoms with Gasteiger partial charge >= 0.3 is 0 Å². The van der Waals surface area contributed by atoms with E-state index in [2.05, 4.69) is 23.9 Å². The predicted molar refractivity (Wildman–Crippen MR) is 122 cm³/mol. The number of hydrogen-bond acceptors (Lipinski definition) is 3. The molecule has 0 N–H and O–H groups in total. The van der Waals surface area contributed by atoms with Crippen molar-refractivity contribution in [2.45, 2.75) is 78.2 Å². The fraction of sp³-hybridized carbons (Fsp3) is 0.741. The number of ketones is 1. The van der Waals surface area contributed by atoms with Crippen LogP contribution < -0.4 is 0 Å². The second-order valence-electron chi connectivity index (χ2n) is 11.8. The Morgan fingerprint density at radius 2 is 1.97 bits per heavy atom. The molecule has 0 bridgehead atoms. The molecule has 4 heteroatoms. The maximum Gasteiger partial charge on any atom is 0.157 e. The summed E-state index contributed by atoms with van der Waals surface area (Å²) in [6.07, 6.45) is 17.9. The standard InChI is InChI=1S/C27H37N3O/c1-17-3-5-20-18(13-17)4-6-22-21(20)9-11-27(2)23(22)7-8-24(27)26(31)16-30-15-19-10-12-28-14-25(19)29-30/h10,12,14-15,17-18,20-24H,3-9,11,13,16H2,1-2H3. The van der Waals surface area contributed by atoms with Crippen molar-refractivity contribution in [2.75, 3.05) is 0 Å². The van der Waals surface area contributed by atoms with Gasteiger partial charge in [0.15, 0.2) is 5.78 Å². The summed E-state index contributed by atoms with van der Waals surface area (Å²) in [7, 11) is 0. The molecule has 4 saturated carbocycles. The summed E-state index contributed by atoms with van der Waals surface area (Å²) in [4.78, 5) is 17.7. The molecule has 6 rings (SSSR count). The van der Waals surface area contributed by atoms with E-state index in [-0.39, 0.29) is 11.3 Å². The number of fused-ring (bicyclic) bond motifs is 6. The number of aromatic nitrogens is 3. The van der Waals surface area contributed by atoms with Gasteiger partial charge in [0.2, 0.25) is 0 Å². The molecule has 0 saturated heterocycles. The van der Waals surface area contributed by atoms with E-state index in [0.29, 0.717) is 12.3 Å². The Bertz CT molecular complexity index is 949. The van der Waals surface area contributed by atoms with E-state index < -0.39 is 0 Å². The monoisotopic (exact) mass is 419 g/mol. The summed E-state index contributed by atoms with van der Waals surface area (Å²) in [5.41, 5.74) is 1.09. The summed E-state index contributed by atoms with van der Waals surface area (Å²) >= 11 is 0. The van der Waals surface area contributed by atoms with Gasteiger partial charge in [-0.25, -0.2) is 0 Å². The van der Waals surface area contributed by atoms with Crippen molar-refractivity contribution in [2.24, 2.45) is 46.8 Å². The molecule has 31 heavy (non-hydrogen) atoms. The molecular weight excluding hydrogens is 382 g/mol. The molecule has 2 aromatic heterocycles. The molecule has 2 heterocycles. The van der Waals surface area contributed by atoms with Crippen LogP contribution in [0, 0.1) is 46.8 Å². The van der Waals surface area contributed by atoms with E-state index >= 15 is 0 Å². The number of nitrogens with zero attached hydrogens (tertiary/aromatic N) is 3. The van der Waals surface area contributed by atoms with Crippen LogP contribution in [0.15, 0.2) is 24.7 Å². The molecule has 0 aliphatic heterocycles. The Labute approximate surface area is 186 Å². The first-order valence-electron chi connectivity index (χ1n) is 12.8. The highest BCUT2D eigenvalue weighted by molar-refractivity contribution is 5.83. The Morgan fingerprint density at radius 3 is 2.84 bits per heavy atom. The first kappa shape index (κ1) is 19.9. The van der Waals surface area contributed by atoms with Gasteiger partial charge in [-0.1, -0.05) is 20.3 Å². The summed E-state index contributed by atoms with van der Waals surface area (Å²) in [5.74, 6) is 6.14. The van der Waals surface area contributed by atoms with Crippen LogP contribution in [0.1, 0.15) is 71.6 Å². The van der Waals surface area contributed by atoms with Crippen molar-refractivity contribution in [1.29, 1.82) is 0 Å². The lowest BCUT2D eigenvalue weighted by molar-refractivity contribution is -0.131. The largest absolute Gasteiger partial charge is 0.297 e. The van der Waals surface area contributed by atoms with Gasteiger partial charge in [-0.2, -0.15) is 5.10 Å². The maximum absolute atomic E-state index is 13.5. The van der Waals surface area contributed by atoms with Crippen molar-refractivity contribution in [3.05, 3.63) is 24.7 Å². The molecular formula is C27H37N3O. The Balaban J connectivity index is 1.19. The molecule has 8 atom stereocenters. The highest BCUT2D eigenvalue weighted by atomic mass is 16.1. The van der Waals surface area contributed by atoms with E-state index in [9.17, 15) is 4.79 Å². The molecule has 0 aromatic carbocycles. The lowest BCUT2D eigenvalue weighted by Crippen LogP contribution is -2.49. The van der Waals surface area contributed by atoms with E-state index in [1.807, 2.05) is 16.9 Å². The number of carbonyl (C=O) groups excluding carboxylic acids is 1. The van der Waals surface area contributed by atoms with Crippen molar-refractivity contribution < 1.29 is 4.79 Å². The Kier molecular flexibility index (Phi) is 4.77. The number of hydrogen-bond donors (Lipinski definition) is 0. The predicted octanol–water partition coefficient (Wildman–Crippen LogP) is 5.91. The maximum atomic E-state index is 13.5. The van der Waals surface area contributed by atoms with E-state index in [4.69, 9.17) is 0 Å². The van der Waals surface area contributed by atoms with Gasteiger partial charge in [0.05, 0.1) is 12.7 Å². The van der Waals surface area contributed by atoms with Crippen LogP contribution in [0.5, 0.6) is 0 Å². The van der Waals surface area contributed by atoms with Crippen molar-refractivity contribution in [1.82, 2.24) is 14.8 Å². The average molecular weight is 420 g/mol. The van der Waals surface area contributed by atoms with Crippen LogP contribution in [-0.4, -0.2) is 20.5 Å². The van der Waals surface area contributed by atoms with Crippen LogP contribution in [0.4, 0.5) is 0 Å². The topological polar surface area (TPSA) is 47.8 Å². The van der Waals surface area contributed by atoms with Gasteiger partial charge in [0.25, 0.3) is 0 Å². The van der Waals surface area contributed by atoms with Gasteiger partial charge in [-0.15, -0.1) is 0 Å². The molecule has 0 spiro atoms. The molecule has 4 fully saturated rings. The number of pyridine rings is 1. The van der Waals surface area contributed by atoms with Crippen molar-refractivity contribution in [3.8, 4) is 0 Å². The molecule has 8 unspecified atom stereocenters. The summed E-state index contributed by atoms with van der Waals surface area (Å²) in [6.45, 7) is 5.35. The van der Waals surface area contributed by atoms with Crippen LogP contribution >= 0.6 is 0 Å². The first-order chi connectivity index (χ1) is 15.0. The van der Waals surface area contributed by atoms with Gasteiger partial charge in [0, 0.05) is 23.7 Å². The molecule has 0 radical (unpaired) electrons. The van der Waals surface area contributed by atoms with Gasteiger partial charge < -0.3 is 0 Å². The van der Waals surface area contributed by atoms with Crippen LogP contribution in [-0.2, 0) is 11.3 Å². The zero-order valence-electron chi connectivity index (χ0n) is 19.2. The molecule has 0 amide bonds. The van der Waals surface area contributed by atoms with Crippen molar-refractivity contribution >= 4 is 16.7 Å². The molecule has 4 nitrogen and oxygen atoms in total. The minimum absolute atomic E-state index is 0.210. The number of rotatable bonds is 3. The lowest BCUT2D eigenvalue weighted by Gasteiger charge is -2.56. The highest BCUT2D eigenvalue weighted by Crippen LogP contribution is 2.64. The third-order valence-electron chi connectivity index (χ3n) is 10.3. The second kappa shape index (κ2) is 7.42. The van der Waals surface area contributed by atoms with Crippen LogP contribution in [0.3, 0.4) is 0 Å². The lowest BCUT2D eigenvalue weighted by atomic mass is 9.49. The van der Waals surface area contributed by atoms with Gasteiger partial charge in [-0.05, 0) is 98.4 Å². The molecule has 2 aromatic rings. The second-order valence-corrected chi connectivity index (χ2v) is 11.8. The van der Waals surface area contributed by atoms with Crippen LogP contribution in [0.25, 0.3) is 10.9 Å². The van der Waals surface area contributed by atoms with Gasteiger partial charge in [-0.3, -0.25) is 14.5 Å². The fourth-order valence-corrected chi connectivity index (χ4v) is 8.89. The minimum atomic E-state index is 0.210. The summed E-state index contributed by atoms with van der Waals surface area (Å²) < 4.78 is 1.85.